The summed E-state index contributed by atoms with van der Waals surface area (Å²) in [6.07, 6.45) is 0.695. The SMILES string of the molecule is N#Cc1ccc2c(c1)[C@@]1(C2)C(=O)N(c2cc(Cl)cc(Cl)c2)c2ncc(C(=O)N[C@H](CC(N)=O)C(=O)N3CC(F)(F)C3)n21. The molecule has 11 nitrogen and oxygen atoms in total. The summed E-state index contributed by atoms with van der Waals surface area (Å²) in [5, 5.41) is 12.4. The summed E-state index contributed by atoms with van der Waals surface area (Å²) < 4.78 is 28.2. The van der Waals surface area contributed by atoms with E-state index < -0.39 is 60.6 Å². The predicted octanol–water partition coefficient (Wildman–Crippen LogP) is 2.49. The fourth-order valence-corrected chi connectivity index (χ4v) is 6.18. The van der Waals surface area contributed by atoms with E-state index in [-0.39, 0.29) is 39.4 Å². The molecule has 0 bridgehead atoms. The molecule has 214 valence electrons. The van der Waals surface area contributed by atoms with Gasteiger partial charge >= 0.3 is 0 Å². The Morgan fingerprint density at radius 2 is 1.83 bits per heavy atom. The number of anilines is 2. The number of nitrogens with one attached hydrogen (secondary N) is 1. The number of alkyl halides is 2. The number of nitriles is 1. The summed E-state index contributed by atoms with van der Waals surface area (Å²) in [7, 11) is 0. The molecule has 2 atom stereocenters. The first kappa shape index (κ1) is 27.6. The average molecular weight is 614 g/mol. The van der Waals surface area contributed by atoms with Gasteiger partial charge in [-0.25, -0.2) is 18.7 Å². The first-order chi connectivity index (χ1) is 19.8. The molecule has 6 rings (SSSR count). The number of fused-ring (bicyclic) bond motifs is 4. The molecule has 2 aromatic carbocycles. The van der Waals surface area contributed by atoms with Crippen molar-refractivity contribution in [2.24, 2.45) is 5.73 Å². The number of carbonyl (C=O) groups excluding carboxylic acids is 4. The number of rotatable bonds is 6. The van der Waals surface area contributed by atoms with Crippen LogP contribution in [0.4, 0.5) is 20.4 Å². The highest BCUT2D eigenvalue weighted by atomic mass is 35.5. The zero-order valence-corrected chi connectivity index (χ0v) is 22.9. The number of carbonyl (C=O) groups is 4. The van der Waals surface area contributed by atoms with Gasteiger partial charge in [-0.15, -0.1) is 0 Å². The highest BCUT2D eigenvalue weighted by molar-refractivity contribution is 6.35. The van der Waals surface area contributed by atoms with Crippen molar-refractivity contribution in [2.45, 2.75) is 30.3 Å². The molecule has 1 fully saturated rings. The van der Waals surface area contributed by atoms with E-state index in [4.69, 9.17) is 28.9 Å². The van der Waals surface area contributed by atoms with Crippen LogP contribution in [0.3, 0.4) is 0 Å². The van der Waals surface area contributed by atoms with Crippen LogP contribution in [-0.4, -0.2) is 63.1 Å². The fraction of sp³-hybridized carbons (Fsp3) is 0.259. The Morgan fingerprint density at radius 1 is 1.14 bits per heavy atom. The van der Waals surface area contributed by atoms with Crippen molar-refractivity contribution >= 4 is 58.5 Å². The maximum absolute atomic E-state index is 14.2. The first-order valence-corrected chi connectivity index (χ1v) is 13.3. The topological polar surface area (TPSA) is 154 Å². The lowest BCUT2D eigenvalue weighted by atomic mass is 9.69. The van der Waals surface area contributed by atoms with Gasteiger partial charge in [0.05, 0.1) is 43.0 Å². The van der Waals surface area contributed by atoms with Crippen molar-refractivity contribution in [3.05, 3.63) is 75.0 Å². The summed E-state index contributed by atoms with van der Waals surface area (Å²) in [4.78, 5) is 58.9. The van der Waals surface area contributed by atoms with Crippen LogP contribution in [0.2, 0.25) is 10.0 Å². The average Bonchev–Trinajstić information content (AvgIpc) is 3.41. The number of aromatic nitrogens is 2. The minimum absolute atomic E-state index is 0.0386. The zero-order valence-electron chi connectivity index (χ0n) is 21.4. The molecule has 3 heterocycles. The smallest absolute Gasteiger partial charge is 0.282 e. The van der Waals surface area contributed by atoms with Crippen LogP contribution < -0.4 is 16.0 Å². The van der Waals surface area contributed by atoms with E-state index in [0.717, 1.165) is 10.5 Å². The number of primary amides is 1. The second kappa shape index (κ2) is 9.50. The molecule has 1 spiro atoms. The van der Waals surface area contributed by atoms with Gasteiger partial charge in [0, 0.05) is 16.5 Å². The van der Waals surface area contributed by atoms with Crippen LogP contribution in [-0.2, 0) is 26.3 Å². The Hall–Kier alpha value is -4.54. The number of nitrogens with two attached hydrogens (primary N) is 1. The molecular weight excluding hydrogens is 595 g/mol. The molecule has 0 radical (unpaired) electrons. The van der Waals surface area contributed by atoms with Gasteiger partial charge in [-0.3, -0.25) is 23.7 Å². The molecular formula is C27H19Cl2F2N7O4. The van der Waals surface area contributed by atoms with E-state index in [1.807, 2.05) is 6.07 Å². The summed E-state index contributed by atoms with van der Waals surface area (Å²) in [5.41, 5.74) is 5.44. The van der Waals surface area contributed by atoms with Gasteiger partial charge < -0.3 is 16.0 Å². The third-order valence-corrected chi connectivity index (χ3v) is 7.95. The molecule has 42 heavy (non-hydrogen) atoms. The quantitative estimate of drug-likeness (QED) is 0.435. The van der Waals surface area contributed by atoms with Gasteiger partial charge in [-0.1, -0.05) is 29.3 Å². The number of amides is 4. The zero-order chi connectivity index (χ0) is 30.1. The summed E-state index contributed by atoms with van der Waals surface area (Å²) in [5.74, 6) is -6.26. The van der Waals surface area contributed by atoms with Crippen LogP contribution in [0.25, 0.3) is 0 Å². The number of likely N-dealkylation sites (tertiary alicyclic amines) is 1. The molecule has 2 aliphatic heterocycles. The van der Waals surface area contributed by atoms with Crippen LogP contribution in [0.5, 0.6) is 0 Å². The number of nitrogens with zero attached hydrogens (tertiary/aromatic N) is 5. The minimum Gasteiger partial charge on any atom is -0.370 e. The van der Waals surface area contributed by atoms with E-state index in [0.29, 0.717) is 5.56 Å². The van der Waals surface area contributed by atoms with E-state index in [9.17, 15) is 33.2 Å². The maximum Gasteiger partial charge on any atom is 0.282 e. The molecule has 0 saturated carbocycles. The molecule has 4 amide bonds. The largest absolute Gasteiger partial charge is 0.370 e. The van der Waals surface area contributed by atoms with E-state index in [1.165, 1.54) is 33.9 Å². The van der Waals surface area contributed by atoms with Gasteiger partial charge in [0.1, 0.15) is 11.7 Å². The number of hydrogen-bond donors (Lipinski definition) is 2. The highest BCUT2D eigenvalue weighted by Gasteiger charge is 2.60. The number of halogens is 4. The van der Waals surface area contributed by atoms with Crippen LogP contribution in [0.15, 0.2) is 42.6 Å². The summed E-state index contributed by atoms with van der Waals surface area (Å²) in [6.45, 7) is -1.71. The number of hydrogen-bond acceptors (Lipinski definition) is 6. The summed E-state index contributed by atoms with van der Waals surface area (Å²) >= 11 is 12.4. The van der Waals surface area contributed by atoms with Crippen molar-refractivity contribution in [1.82, 2.24) is 19.8 Å². The third-order valence-electron chi connectivity index (χ3n) is 7.52. The van der Waals surface area contributed by atoms with Crippen molar-refractivity contribution in [2.75, 3.05) is 18.0 Å². The molecule has 3 N–H and O–H groups in total. The van der Waals surface area contributed by atoms with Crippen LogP contribution >= 0.6 is 23.2 Å². The summed E-state index contributed by atoms with van der Waals surface area (Å²) in [6, 6.07) is 9.87. The van der Waals surface area contributed by atoms with Crippen LogP contribution in [0.1, 0.15) is 33.6 Å². The molecule has 0 unspecified atom stereocenters. The van der Waals surface area contributed by atoms with Gasteiger partial charge in [-0.2, -0.15) is 5.26 Å². The van der Waals surface area contributed by atoms with Crippen molar-refractivity contribution in [3.63, 3.8) is 0 Å². The Morgan fingerprint density at radius 3 is 2.45 bits per heavy atom. The van der Waals surface area contributed by atoms with Crippen molar-refractivity contribution < 1.29 is 28.0 Å². The third kappa shape index (κ3) is 4.17. The predicted molar refractivity (Wildman–Crippen MR) is 144 cm³/mol. The van der Waals surface area contributed by atoms with E-state index >= 15 is 0 Å². The molecule has 1 aromatic heterocycles. The standard InChI is InChI=1S/C27H19Cl2F2N7O4/c28-15-4-16(29)6-17(5-15)37-24(42)27(8-14-2-1-13(9-32)3-18(14)27)38-20(10-34-25(37)38)22(40)35-19(7-21(33)39)23(41)36-11-26(30,31)12-36/h1-6,10,19H,7-8,11-12H2,(H2,33,39)(H,35,40)/t19-,27+/m1/s1. The molecule has 15 heteroatoms. The van der Waals surface area contributed by atoms with Gasteiger partial charge in [0.25, 0.3) is 17.7 Å². The Balaban J connectivity index is 1.43. The molecule has 1 saturated heterocycles. The lowest BCUT2D eigenvalue weighted by molar-refractivity contribution is -0.167. The van der Waals surface area contributed by atoms with Gasteiger partial charge in [0.15, 0.2) is 5.54 Å². The maximum atomic E-state index is 14.2. The molecule has 3 aromatic rings. The second-order valence-electron chi connectivity index (χ2n) is 10.3. The lowest BCUT2D eigenvalue weighted by Crippen LogP contribution is -2.63. The monoisotopic (exact) mass is 613 g/mol. The highest BCUT2D eigenvalue weighted by Crippen LogP contribution is 2.53. The Kier molecular flexibility index (Phi) is 6.25. The molecule has 3 aliphatic rings. The lowest BCUT2D eigenvalue weighted by Gasteiger charge is -2.41. The second-order valence-corrected chi connectivity index (χ2v) is 11.2. The van der Waals surface area contributed by atoms with Crippen molar-refractivity contribution in [3.8, 4) is 6.07 Å². The van der Waals surface area contributed by atoms with Crippen LogP contribution in [0, 0.1) is 11.3 Å². The van der Waals surface area contributed by atoms with E-state index in [2.05, 4.69) is 10.3 Å². The Bertz CT molecular complexity index is 1740. The minimum atomic E-state index is -3.07. The normalized spacial score (nSPS) is 20.2. The number of imidazole rings is 1. The van der Waals surface area contributed by atoms with Crippen molar-refractivity contribution in [1.29, 1.82) is 5.26 Å². The number of benzene rings is 2. The van der Waals surface area contributed by atoms with Gasteiger partial charge in [-0.05, 0) is 41.5 Å². The molecule has 1 aliphatic carbocycles. The van der Waals surface area contributed by atoms with Gasteiger partial charge in [0.2, 0.25) is 17.8 Å². The Labute approximate surface area is 246 Å². The fourth-order valence-electron chi connectivity index (χ4n) is 5.67. The van der Waals surface area contributed by atoms with E-state index in [1.54, 1.807) is 18.2 Å². The first-order valence-electron chi connectivity index (χ1n) is 12.5.